The lowest BCUT2D eigenvalue weighted by atomic mass is 10.1. The van der Waals surface area contributed by atoms with E-state index in [0.717, 1.165) is 0 Å². The molecule has 0 bridgehead atoms. The summed E-state index contributed by atoms with van der Waals surface area (Å²) in [6.45, 7) is 5.29. The molecular weight excluding hydrogens is 224 g/mol. The maximum absolute atomic E-state index is 11.5. The van der Waals surface area contributed by atoms with E-state index in [-0.39, 0.29) is 0 Å². The molecular formula is C11H22N2O4. The van der Waals surface area contributed by atoms with Gasteiger partial charge in [-0.3, -0.25) is 9.59 Å². The van der Waals surface area contributed by atoms with Crippen LogP contribution in [-0.4, -0.2) is 34.7 Å². The molecule has 0 amide bonds. The van der Waals surface area contributed by atoms with Gasteiger partial charge in [0.15, 0.2) is 0 Å². The van der Waals surface area contributed by atoms with Gasteiger partial charge in [-0.05, 0) is 40.0 Å². The van der Waals surface area contributed by atoms with Crippen LogP contribution in [0.25, 0.3) is 0 Å². The van der Waals surface area contributed by atoms with Gasteiger partial charge < -0.3 is 21.3 Å². The molecule has 0 fully saturated rings. The molecule has 2 atom stereocenters. The van der Waals surface area contributed by atoms with Gasteiger partial charge in [0.2, 0.25) is 0 Å². The van der Waals surface area contributed by atoms with E-state index in [9.17, 15) is 9.59 Å². The Morgan fingerprint density at radius 1 is 1.18 bits per heavy atom. The Balaban J connectivity index is 3.90. The first-order valence-electron chi connectivity index (χ1n) is 5.60. The number of ether oxygens (including phenoxy) is 1. The number of carbonyl (C=O) groups excluding carboxylic acids is 1. The normalized spacial score (nSPS) is 15.1. The van der Waals surface area contributed by atoms with E-state index in [4.69, 9.17) is 21.3 Å². The van der Waals surface area contributed by atoms with Gasteiger partial charge in [0.25, 0.3) is 0 Å². The molecule has 0 spiro atoms. The van der Waals surface area contributed by atoms with Crippen molar-refractivity contribution in [1.29, 1.82) is 0 Å². The zero-order valence-corrected chi connectivity index (χ0v) is 10.6. The maximum atomic E-state index is 11.5. The van der Waals surface area contributed by atoms with E-state index in [1.165, 1.54) is 0 Å². The van der Waals surface area contributed by atoms with Gasteiger partial charge in [0.05, 0.1) is 0 Å². The molecule has 0 rings (SSSR count). The van der Waals surface area contributed by atoms with E-state index < -0.39 is 29.6 Å². The van der Waals surface area contributed by atoms with Crippen LogP contribution in [0.2, 0.25) is 0 Å². The Morgan fingerprint density at radius 2 is 1.65 bits per heavy atom. The average Bonchev–Trinajstić information content (AvgIpc) is 2.14. The number of carbonyl (C=O) groups is 2. The standard InChI is InChI=1S/C11H22N2O4/c1-11(2,3)17-10(16)8(13)6-4-5-7(12)9(14)15/h7-8H,4-6,12-13H2,1-3H3,(H,14,15)/t7-,8?/m1/s1. The molecule has 6 nitrogen and oxygen atoms in total. The minimum atomic E-state index is -1.05. The third-order valence-corrected chi connectivity index (χ3v) is 2.06. The van der Waals surface area contributed by atoms with Crippen LogP contribution in [0.15, 0.2) is 0 Å². The monoisotopic (exact) mass is 246 g/mol. The molecule has 0 radical (unpaired) electrons. The molecule has 0 saturated carbocycles. The Kier molecular flexibility index (Phi) is 6.12. The summed E-state index contributed by atoms with van der Waals surface area (Å²) in [5.74, 6) is -1.52. The summed E-state index contributed by atoms with van der Waals surface area (Å²) < 4.78 is 5.09. The summed E-state index contributed by atoms with van der Waals surface area (Å²) >= 11 is 0. The van der Waals surface area contributed by atoms with E-state index in [1.807, 2.05) is 0 Å². The Morgan fingerprint density at radius 3 is 2.06 bits per heavy atom. The summed E-state index contributed by atoms with van der Waals surface area (Å²) in [5.41, 5.74) is 10.4. The molecule has 6 heteroatoms. The highest BCUT2D eigenvalue weighted by molar-refractivity contribution is 5.76. The van der Waals surface area contributed by atoms with Crippen LogP contribution in [-0.2, 0) is 14.3 Å². The van der Waals surface area contributed by atoms with Crippen LogP contribution in [0.1, 0.15) is 40.0 Å². The van der Waals surface area contributed by atoms with Crippen molar-refractivity contribution >= 4 is 11.9 Å². The predicted molar refractivity (Wildman–Crippen MR) is 63.3 cm³/mol. The van der Waals surface area contributed by atoms with Crippen LogP contribution < -0.4 is 11.5 Å². The Hall–Kier alpha value is -1.14. The fraction of sp³-hybridized carbons (Fsp3) is 0.818. The summed E-state index contributed by atoms with van der Waals surface area (Å²) in [6, 6.07) is -1.63. The smallest absolute Gasteiger partial charge is 0.323 e. The van der Waals surface area contributed by atoms with Crippen molar-refractivity contribution in [2.24, 2.45) is 11.5 Å². The van der Waals surface area contributed by atoms with Gasteiger partial charge in [0.1, 0.15) is 17.7 Å². The van der Waals surface area contributed by atoms with E-state index >= 15 is 0 Å². The zero-order valence-electron chi connectivity index (χ0n) is 10.6. The first-order chi connectivity index (χ1) is 7.63. The number of carboxylic acid groups (broad SMARTS) is 1. The van der Waals surface area contributed by atoms with Gasteiger partial charge >= 0.3 is 11.9 Å². The molecule has 100 valence electrons. The second-order valence-corrected chi connectivity index (χ2v) is 5.02. The number of esters is 1. The summed E-state index contributed by atoms with van der Waals surface area (Å²) in [4.78, 5) is 21.9. The average molecular weight is 246 g/mol. The first-order valence-corrected chi connectivity index (χ1v) is 5.60. The largest absolute Gasteiger partial charge is 0.480 e. The number of rotatable bonds is 6. The van der Waals surface area contributed by atoms with Crippen molar-refractivity contribution in [1.82, 2.24) is 0 Å². The van der Waals surface area contributed by atoms with Crippen LogP contribution >= 0.6 is 0 Å². The number of hydrogen-bond donors (Lipinski definition) is 3. The van der Waals surface area contributed by atoms with Crippen LogP contribution in [0.4, 0.5) is 0 Å². The van der Waals surface area contributed by atoms with E-state index in [0.29, 0.717) is 19.3 Å². The second kappa shape index (κ2) is 6.56. The third kappa shape index (κ3) is 7.70. The van der Waals surface area contributed by atoms with Crippen LogP contribution in [0, 0.1) is 0 Å². The number of hydrogen-bond acceptors (Lipinski definition) is 5. The Labute approximate surface area is 101 Å². The minimum absolute atomic E-state index is 0.297. The molecule has 5 N–H and O–H groups in total. The topological polar surface area (TPSA) is 116 Å². The lowest BCUT2D eigenvalue weighted by Crippen LogP contribution is -2.38. The van der Waals surface area contributed by atoms with Gasteiger partial charge in [-0.1, -0.05) is 0 Å². The quantitative estimate of drug-likeness (QED) is 0.578. The molecule has 0 aromatic carbocycles. The van der Waals surface area contributed by atoms with Crippen molar-refractivity contribution in [2.75, 3.05) is 0 Å². The van der Waals surface area contributed by atoms with Crippen LogP contribution in [0.3, 0.4) is 0 Å². The van der Waals surface area contributed by atoms with Crippen molar-refractivity contribution in [2.45, 2.75) is 57.7 Å². The molecule has 0 heterocycles. The van der Waals surface area contributed by atoms with Crippen molar-refractivity contribution < 1.29 is 19.4 Å². The van der Waals surface area contributed by atoms with E-state index in [1.54, 1.807) is 20.8 Å². The van der Waals surface area contributed by atoms with Crippen LogP contribution in [0.5, 0.6) is 0 Å². The lowest BCUT2D eigenvalue weighted by Gasteiger charge is -2.22. The maximum Gasteiger partial charge on any atom is 0.323 e. The zero-order chi connectivity index (χ0) is 13.6. The fourth-order valence-corrected chi connectivity index (χ4v) is 1.18. The van der Waals surface area contributed by atoms with Crippen molar-refractivity contribution in [3.05, 3.63) is 0 Å². The van der Waals surface area contributed by atoms with Crippen molar-refractivity contribution in [3.63, 3.8) is 0 Å². The molecule has 1 unspecified atom stereocenters. The highest BCUT2D eigenvalue weighted by Gasteiger charge is 2.22. The molecule has 0 aliphatic heterocycles. The predicted octanol–water partition coefficient (Wildman–Crippen LogP) is 0.238. The molecule has 0 aliphatic rings. The van der Waals surface area contributed by atoms with E-state index in [2.05, 4.69) is 0 Å². The molecule has 0 aromatic rings. The van der Waals surface area contributed by atoms with Gasteiger partial charge in [-0.15, -0.1) is 0 Å². The fourth-order valence-electron chi connectivity index (χ4n) is 1.18. The first kappa shape index (κ1) is 15.9. The lowest BCUT2D eigenvalue weighted by molar-refractivity contribution is -0.156. The highest BCUT2D eigenvalue weighted by Crippen LogP contribution is 2.10. The molecule has 0 aromatic heterocycles. The summed E-state index contributed by atoms with van der Waals surface area (Å²) in [5, 5.41) is 8.56. The second-order valence-electron chi connectivity index (χ2n) is 5.02. The SMILES string of the molecule is CC(C)(C)OC(=O)C(N)CCC[C@@H](N)C(=O)O. The summed E-state index contributed by atoms with van der Waals surface area (Å²) in [7, 11) is 0. The minimum Gasteiger partial charge on any atom is -0.480 e. The number of carboxylic acids is 1. The molecule has 0 saturated heterocycles. The van der Waals surface area contributed by atoms with Gasteiger partial charge in [-0.25, -0.2) is 0 Å². The molecule has 17 heavy (non-hydrogen) atoms. The number of aliphatic carboxylic acids is 1. The highest BCUT2D eigenvalue weighted by atomic mass is 16.6. The number of nitrogens with two attached hydrogens (primary N) is 2. The van der Waals surface area contributed by atoms with Gasteiger partial charge in [-0.2, -0.15) is 0 Å². The Bertz CT molecular complexity index is 273. The summed E-state index contributed by atoms with van der Waals surface area (Å²) in [6.07, 6.45) is 1.15. The van der Waals surface area contributed by atoms with Gasteiger partial charge in [0, 0.05) is 0 Å². The molecule has 0 aliphatic carbocycles. The third-order valence-electron chi connectivity index (χ3n) is 2.06. The van der Waals surface area contributed by atoms with Crippen molar-refractivity contribution in [3.8, 4) is 0 Å².